The number of thioether (sulfide) groups is 1. The third-order valence-corrected chi connectivity index (χ3v) is 3.82. The lowest BCUT2D eigenvalue weighted by Gasteiger charge is -2.23. The Morgan fingerprint density at radius 1 is 1.61 bits per heavy atom. The summed E-state index contributed by atoms with van der Waals surface area (Å²) in [7, 11) is 0. The summed E-state index contributed by atoms with van der Waals surface area (Å²) < 4.78 is 9.68. The minimum atomic E-state index is -0.771. The Balaban J connectivity index is 2.67. The van der Waals surface area contributed by atoms with Gasteiger partial charge in [0, 0.05) is 12.3 Å². The van der Waals surface area contributed by atoms with E-state index in [1.165, 1.54) is 11.5 Å². The van der Waals surface area contributed by atoms with Crippen molar-refractivity contribution in [1.82, 2.24) is 4.37 Å². The van der Waals surface area contributed by atoms with Gasteiger partial charge in [0.15, 0.2) is 16.6 Å². The number of aliphatic hydroxyl groups is 1. The molecule has 1 rings (SSSR count). The molecule has 5 nitrogen and oxygen atoms in total. The molecule has 0 aliphatic carbocycles. The highest BCUT2D eigenvalue weighted by Crippen LogP contribution is 2.36. The van der Waals surface area contributed by atoms with Crippen molar-refractivity contribution >= 4 is 34.1 Å². The molecule has 0 aliphatic heterocycles. The van der Waals surface area contributed by atoms with Crippen molar-refractivity contribution in [1.29, 1.82) is 0 Å². The standard InChI is InChI=1S/C11H21N3O2S2/c1-7(2)16-8-9(12)14-18-10(8)13-5-11(3,15)6-17-4/h7,13,15H,5-6H2,1-4H3,(H2,12,14). The molecule has 1 heterocycles. The van der Waals surface area contributed by atoms with Gasteiger partial charge in [-0.3, -0.25) is 0 Å². The topological polar surface area (TPSA) is 80.4 Å². The predicted molar refractivity (Wildman–Crippen MR) is 79.8 cm³/mol. The normalized spacial score (nSPS) is 14.6. The number of nitrogen functional groups attached to an aromatic ring is 1. The number of hydrogen-bond acceptors (Lipinski definition) is 7. The molecule has 0 aliphatic rings. The highest BCUT2D eigenvalue weighted by atomic mass is 32.2. The molecule has 0 amide bonds. The van der Waals surface area contributed by atoms with E-state index in [-0.39, 0.29) is 6.10 Å². The largest absolute Gasteiger partial charge is 0.484 e. The van der Waals surface area contributed by atoms with Crippen molar-refractivity contribution in [2.24, 2.45) is 0 Å². The summed E-state index contributed by atoms with van der Waals surface area (Å²) in [4.78, 5) is 0. The lowest BCUT2D eigenvalue weighted by molar-refractivity contribution is 0.0997. The Labute approximate surface area is 116 Å². The molecule has 4 N–H and O–H groups in total. The summed E-state index contributed by atoms with van der Waals surface area (Å²) >= 11 is 2.85. The van der Waals surface area contributed by atoms with Gasteiger partial charge in [-0.2, -0.15) is 16.1 Å². The van der Waals surface area contributed by atoms with Crippen molar-refractivity contribution in [3.63, 3.8) is 0 Å². The lowest BCUT2D eigenvalue weighted by atomic mass is 10.1. The summed E-state index contributed by atoms with van der Waals surface area (Å²) in [5.74, 6) is 1.63. The van der Waals surface area contributed by atoms with Crippen LogP contribution >= 0.6 is 23.3 Å². The Hall–Kier alpha value is -0.660. The van der Waals surface area contributed by atoms with E-state index < -0.39 is 5.60 Å². The third kappa shape index (κ3) is 4.55. The van der Waals surface area contributed by atoms with Crippen LogP contribution in [0.1, 0.15) is 20.8 Å². The van der Waals surface area contributed by atoms with Gasteiger partial charge in [0.1, 0.15) is 0 Å². The Morgan fingerprint density at radius 2 is 2.28 bits per heavy atom. The Kier molecular flexibility index (Phi) is 5.55. The van der Waals surface area contributed by atoms with Crippen molar-refractivity contribution in [3.05, 3.63) is 0 Å². The fraction of sp³-hybridized carbons (Fsp3) is 0.727. The van der Waals surface area contributed by atoms with Crippen LogP contribution in [0.3, 0.4) is 0 Å². The maximum Gasteiger partial charge on any atom is 0.197 e. The summed E-state index contributed by atoms with van der Waals surface area (Å²) in [6, 6.07) is 0. The van der Waals surface area contributed by atoms with E-state index in [0.29, 0.717) is 23.9 Å². The number of aromatic nitrogens is 1. The monoisotopic (exact) mass is 291 g/mol. The first-order valence-electron chi connectivity index (χ1n) is 5.72. The average Bonchev–Trinajstić information content (AvgIpc) is 2.57. The van der Waals surface area contributed by atoms with Gasteiger partial charge in [-0.05, 0) is 38.6 Å². The van der Waals surface area contributed by atoms with Crippen LogP contribution in [0.15, 0.2) is 0 Å². The molecular formula is C11H21N3O2S2. The highest BCUT2D eigenvalue weighted by Gasteiger charge is 2.22. The fourth-order valence-corrected chi connectivity index (χ4v) is 2.76. The molecule has 0 radical (unpaired) electrons. The minimum absolute atomic E-state index is 0.0379. The molecule has 0 fully saturated rings. The van der Waals surface area contributed by atoms with Gasteiger partial charge >= 0.3 is 0 Å². The molecule has 1 atom stereocenters. The highest BCUT2D eigenvalue weighted by molar-refractivity contribution is 7.98. The molecule has 1 unspecified atom stereocenters. The lowest BCUT2D eigenvalue weighted by Crippen LogP contribution is -2.35. The maximum absolute atomic E-state index is 10.1. The zero-order valence-corrected chi connectivity index (χ0v) is 12.8. The van der Waals surface area contributed by atoms with E-state index in [2.05, 4.69) is 9.69 Å². The molecule has 1 aromatic heterocycles. The zero-order chi connectivity index (χ0) is 13.8. The summed E-state index contributed by atoms with van der Waals surface area (Å²) in [6.07, 6.45) is 2.00. The SMILES string of the molecule is CSCC(C)(O)CNc1snc(N)c1OC(C)C. The number of rotatable bonds is 7. The van der Waals surface area contributed by atoms with Gasteiger partial charge in [-0.25, -0.2) is 0 Å². The minimum Gasteiger partial charge on any atom is -0.484 e. The number of ether oxygens (including phenoxy) is 1. The van der Waals surface area contributed by atoms with Crippen molar-refractivity contribution in [2.75, 3.05) is 29.6 Å². The maximum atomic E-state index is 10.1. The van der Waals surface area contributed by atoms with Crippen molar-refractivity contribution in [2.45, 2.75) is 32.5 Å². The molecule has 7 heteroatoms. The first-order valence-corrected chi connectivity index (χ1v) is 7.89. The Bertz CT molecular complexity index is 380. The molecule has 0 bridgehead atoms. The number of anilines is 2. The van der Waals surface area contributed by atoms with E-state index in [1.54, 1.807) is 18.7 Å². The fourth-order valence-electron chi connectivity index (χ4n) is 1.39. The van der Waals surface area contributed by atoms with Crippen LogP contribution in [0, 0.1) is 0 Å². The van der Waals surface area contributed by atoms with Gasteiger partial charge in [0.2, 0.25) is 0 Å². The second-order valence-corrected chi connectivity index (χ2v) is 6.32. The van der Waals surface area contributed by atoms with E-state index >= 15 is 0 Å². The summed E-state index contributed by atoms with van der Waals surface area (Å²) in [6.45, 7) is 6.10. The molecule has 0 saturated carbocycles. The van der Waals surface area contributed by atoms with Crippen molar-refractivity contribution in [3.8, 4) is 5.75 Å². The van der Waals surface area contributed by atoms with Crippen LogP contribution in [0.2, 0.25) is 0 Å². The van der Waals surface area contributed by atoms with E-state index in [4.69, 9.17) is 10.5 Å². The van der Waals surface area contributed by atoms with Crippen LogP contribution in [0.25, 0.3) is 0 Å². The number of nitrogens with one attached hydrogen (secondary N) is 1. The quantitative estimate of drug-likeness (QED) is 0.713. The smallest absolute Gasteiger partial charge is 0.197 e. The van der Waals surface area contributed by atoms with Gasteiger partial charge in [0.05, 0.1) is 11.7 Å². The van der Waals surface area contributed by atoms with Crippen LogP contribution in [0.5, 0.6) is 5.75 Å². The molecule has 0 spiro atoms. The second kappa shape index (κ2) is 6.49. The third-order valence-electron chi connectivity index (χ3n) is 2.11. The Morgan fingerprint density at radius 3 is 2.83 bits per heavy atom. The first kappa shape index (κ1) is 15.4. The van der Waals surface area contributed by atoms with Gasteiger partial charge < -0.3 is 20.9 Å². The van der Waals surface area contributed by atoms with Crippen molar-refractivity contribution < 1.29 is 9.84 Å². The first-order chi connectivity index (χ1) is 8.35. The number of hydrogen-bond donors (Lipinski definition) is 3. The van der Waals surface area contributed by atoms with Crippen LogP contribution in [-0.2, 0) is 0 Å². The molecule has 0 aromatic carbocycles. The van der Waals surface area contributed by atoms with Crippen LogP contribution < -0.4 is 15.8 Å². The second-order valence-electron chi connectivity index (χ2n) is 4.68. The summed E-state index contributed by atoms with van der Waals surface area (Å²) in [5, 5.41) is 14.0. The molecule has 1 aromatic rings. The number of nitrogens with zero attached hydrogens (tertiary/aromatic N) is 1. The van der Waals surface area contributed by atoms with Gasteiger partial charge in [0.25, 0.3) is 0 Å². The van der Waals surface area contributed by atoms with E-state index in [9.17, 15) is 5.11 Å². The number of nitrogens with two attached hydrogens (primary N) is 1. The molecule has 104 valence electrons. The predicted octanol–water partition coefficient (Wildman–Crippen LogP) is 2.04. The van der Waals surface area contributed by atoms with E-state index in [0.717, 1.165) is 5.00 Å². The molecular weight excluding hydrogens is 270 g/mol. The van der Waals surface area contributed by atoms with Gasteiger partial charge in [-0.15, -0.1) is 0 Å². The summed E-state index contributed by atoms with van der Waals surface area (Å²) in [5.41, 5.74) is 4.98. The van der Waals surface area contributed by atoms with E-state index in [1.807, 2.05) is 20.1 Å². The van der Waals surface area contributed by atoms with Crippen LogP contribution in [0.4, 0.5) is 10.8 Å². The average molecular weight is 291 g/mol. The van der Waals surface area contributed by atoms with Gasteiger partial charge in [-0.1, -0.05) is 0 Å². The molecule has 0 saturated heterocycles. The molecule has 18 heavy (non-hydrogen) atoms. The van der Waals surface area contributed by atoms with Crippen LogP contribution in [-0.4, -0.2) is 39.7 Å². The zero-order valence-electron chi connectivity index (χ0n) is 11.2.